The van der Waals surface area contributed by atoms with Crippen molar-refractivity contribution >= 4 is 16.9 Å². The summed E-state index contributed by atoms with van der Waals surface area (Å²) in [4.78, 5) is 20.6. The lowest BCUT2D eigenvalue weighted by molar-refractivity contribution is -0.149. The van der Waals surface area contributed by atoms with Crippen LogP contribution in [0.1, 0.15) is 50.8 Å². The van der Waals surface area contributed by atoms with Crippen LogP contribution in [-0.2, 0) is 16.0 Å². The summed E-state index contributed by atoms with van der Waals surface area (Å²) < 4.78 is 30.3. The Morgan fingerprint density at radius 2 is 2.00 bits per heavy atom. The lowest BCUT2D eigenvalue weighted by Gasteiger charge is -2.20. The van der Waals surface area contributed by atoms with Gasteiger partial charge in [-0.05, 0) is 75.1 Å². The Bertz CT molecular complexity index is 1380. The van der Waals surface area contributed by atoms with Crippen LogP contribution < -0.4 is 4.74 Å². The maximum atomic E-state index is 14.3. The van der Waals surface area contributed by atoms with Crippen LogP contribution in [0.5, 0.6) is 5.75 Å². The normalized spacial score (nSPS) is 15.8. The molecule has 0 spiro atoms. The minimum atomic E-state index is -0.476. The molecule has 2 atom stereocenters. The summed E-state index contributed by atoms with van der Waals surface area (Å²) >= 11 is 0. The molecule has 182 valence electrons. The Kier molecular flexibility index (Phi) is 6.28. The molecule has 2 aromatic heterocycles. The average Bonchev–Trinajstić information content (AvgIpc) is 3.57. The Labute approximate surface area is 202 Å². The molecule has 1 aliphatic carbocycles. The molecular formula is C27H28FN3O4. The number of hydrogen-bond acceptors (Lipinski definition) is 6. The van der Waals surface area contributed by atoms with Crippen LogP contribution in [0.4, 0.5) is 4.39 Å². The van der Waals surface area contributed by atoms with E-state index in [1.807, 2.05) is 32.0 Å². The number of nitrogens with one attached hydrogen (secondary N) is 1. The van der Waals surface area contributed by atoms with Gasteiger partial charge in [0, 0.05) is 33.6 Å². The van der Waals surface area contributed by atoms with Crippen molar-refractivity contribution in [3.63, 3.8) is 0 Å². The highest BCUT2D eigenvalue weighted by Gasteiger charge is 2.36. The van der Waals surface area contributed by atoms with E-state index in [1.54, 1.807) is 19.1 Å². The molecule has 1 aliphatic rings. The number of halogens is 1. The van der Waals surface area contributed by atoms with E-state index in [9.17, 15) is 9.18 Å². The van der Waals surface area contributed by atoms with Crippen molar-refractivity contribution in [3.8, 4) is 28.6 Å². The Morgan fingerprint density at radius 1 is 1.17 bits per heavy atom. The van der Waals surface area contributed by atoms with Crippen LogP contribution in [0.15, 0.2) is 40.9 Å². The summed E-state index contributed by atoms with van der Waals surface area (Å²) in [5.41, 5.74) is 4.66. The van der Waals surface area contributed by atoms with Crippen molar-refractivity contribution in [2.24, 2.45) is 5.92 Å². The van der Waals surface area contributed by atoms with Crippen LogP contribution in [-0.4, -0.2) is 34.3 Å². The molecule has 0 fully saturated rings. The highest BCUT2D eigenvalue weighted by Crippen LogP contribution is 2.43. The molecule has 5 rings (SSSR count). The topological polar surface area (TPSA) is 90.2 Å². The van der Waals surface area contributed by atoms with Crippen molar-refractivity contribution < 1.29 is 23.2 Å². The van der Waals surface area contributed by atoms with Crippen molar-refractivity contribution in [2.75, 3.05) is 13.2 Å². The van der Waals surface area contributed by atoms with E-state index < -0.39 is 5.82 Å². The zero-order valence-corrected chi connectivity index (χ0v) is 20.1. The largest absolute Gasteiger partial charge is 0.491 e. The average molecular weight is 478 g/mol. The fourth-order valence-corrected chi connectivity index (χ4v) is 5.07. The van der Waals surface area contributed by atoms with Crippen LogP contribution in [0.2, 0.25) is 0 Å². The van der Waals surface area contributed by atoms with E-state index in [0.29, 0.717) is 24.6 Å². The van der Waals surface area contributed by atoms with Crippen molar-refractivity contribution in [2.45, 2.75) is 46.0 Å². The van der Waals surface area contributed by atoms with E-state index in [2.05, 4.69) is 15.1 Å². The van der Waals surface area contributed by atoms with Gasteiger partial charge in [0.15, 0.2) is 11.6 Å². The molecule has 2 unspecified atom stereocenters. The molecule has 4 aromatic rings. The molecule has 0 saturated heterocycles. The molecule has 0 bridgehead atoms. The first-order chi connectivity index (χ1) is 17.0. The first-order valence-electron chi connectivity index (χ1n) is 12.1. The number of nitrogens with zero attached hydrogens (tertiary/aromatic N) is 2. The van der Waals surface area contributed by atoms with Gasteiger partial charge in [-0.2, -0.15) is 4.98 Å². The molecule has 2 aromatic carbocycles. The van der Waals surface area contributed by atoms with Gasteiger partial charge in [0.2, 0.25) is 5.82 Å². The molecule has 0 amide bonds. The second-order valence-corrected chi connectivity index (χ2v) is 8.69. The molecule has 0 saturated carbocycles. The number of rotatable bonds is 8. The number of carbonyl (C=O) groups is 1. The van der Waals surface area contributed by atoms with Gasteiger partial charge < -0.3 is 19.0 Å². The van der Waals surface area contributed by atoms with Crippen LogP contribution in [0, 0.1) is 11.7 Å². The number of aromatic amines is 1. The first-order valence-corrected chi connectivity index (χ1v) is 12.1. The molecule has 35 heavy (non-hydrogen) atoms. The number of hydrogen-bond donors (Lipinski definition) is 1. The van der Waals surface area contributed by atoms with Crippen LogP contribution >= 0.6 is 0 Å². The fourth-order valence-electron chi connectivity index (χ4n) is 5.07. The number of aryl methyl sites for hydroxylation is 1. The van der Waals surface area contributed by atoms with Crippen LogP contribution in [0.25, 0.3) is 33.7 Å². The van der Waals surface area contributed by atoms with E-state index in [1.165, 1.54) is 11.6 Å². The minimum Gasteiger partial charge on any atom is -0.491 e. The van der Waals surface area contributed by atoms with Crippen LogP contribution in [0.3, 0.4) is 0 Å². The van der Waals surface area contributed by atoms with Gasteiger partial charge in [-0.25, -0.2) is 4.39 Å². The van der Waals surface area contributed by atoms with Crippen molar-refractivity contribution in [1.82, 2.24) is 15.1 Å². The van der Waals surface area contributed by atoms with Crippen molar-refractivity contribution in [1.29, 1.82) is 0 Å². The maximum Gasteiger partial charge on any atom is 0.309 e. The predicted molar refractivity (Wildman–Crippen MR) is 130 cm³/mol. The monoisotopic (exact) mass is 477 g/mol. The number of ether oxygens (including phenoxy) is 2. The summed E-state index contributed by atoms with van der Waals surface area (Å²) in [6.07, 6.45) is 2.54. The summed E-state index contributed by atoms with van der Waals surface area (Å²) in [5, 5.41) is 5.22. The summed E-state index contributed by atoms with van der Waals surface area (Å²) in [5.74, 6) is 0.220. The summed E-state index contributed by atoms with van der Waals surface area (Å²) in [7, 11) is 0. The lowest BCUT2D eigenvalue weighted by Crippen LogP contribution is -2.23. The third-order valence-corrected chi connectivity index (χ3v) is 6.69. The molecule has 0 aliphatic heterocycles. The van der Waals surface area contributed by atoms with Gasteiger partial charge in [-0.3, -0.25) is 4.79 Å². The fraction of sp³-hybridized carbons (Fsp3) is 0.370. The second-order valence-electron chi connectivity index (χ2n) is 8.69. The predicted octanol–water partition coefficient (Wildman–Crippen LogP) is 6.04. The molecule has 7 nitrogen and oxygen atoms in total. The third-order valence-electron chi connectivity index (χ3n) is 6.69. The number of aromatic nitrogens is 3. The van der Waals surface area contributed by atoms with Gasteiger partial charge in [0.1, 0.15) is 0 Å². The molecule has 0 radical (unpaired) electrons. The molecule has 2 heterocycles. The lowest BCUT2D eigenvalue weighted by atomic mass is 9.88. The smallest absolute Gasteiger partial charge is 0.309 e. The Balaban J connectivity index is 1.44. The number of benzene rings is 2. The van der Waals surface area contributed by atoms with Gasteiger partial charge >= 0.3 is 5.97 Å². The first kappa shape index (κ1) is 23.1. The van der Waals surface area contributed by atoms with Gasteiger partial charge in [0.05, 0.1) is 19.1 Å². The van der Waals surface area contributed by atoms with E-state index >= 15 is 0 Å². The molecular weight excluding hydrogens is 449 g/mol. The summed E-state index contributed by atoms with van der Waals surface area (Å²) in [6, 6.07) is 10.6. The summed E-state index contributed by atoms with van der Waals surface area (Å²) in [6.45, 7) is 6.45. The zero-order chi connectivity index (χ0) is 24.5. The molecule has 8 heteroatoms. The molecule has 1 N–H and O–H groups in total. The standard InChI is InChI=1S/C27H28FN3O4/c1-4-17(27(32)34-6-3)18-9-10-19-20-13-15(7-11-22(20)29-24(18)19)25-30-26(35-31-25)16-8-12-23(33-5-2)21(28)14-16/h7-8,11-14,17-18,29H,4-6,9-10H2,1-3H3. The van der Waals surface area contributed by atoms with E-state index in [-0.39, 0.29) is 29.4 Å². The van der Waals surface area contributed by atoms with E-state index in [0.717, 1.165) is 41.4 Å². The number of carbonyl (C=O) groups excluding carboxylic acids is 1. The zero-order valence-electron chi connectivity index (χ0n) is 20.1. The van der Waals surface area contributed by atoms with E-state index in [4.69, 9.17) is 14.0 Å². The minimum absolute atomic E-state index is 0.122. The van der Waals surface area contributed by atoms with Gasteiger partial charge in [-0.15, -0.1) is 0 Å². The SMILES string of the molecule is CCOC(=O)C(CC)C1CCc2c1[nH]c1ccc(-c3noc(-c4ccc(OCC)c(F)c4)n3)cc21. The quantitative estimate of drug-likeness (QED) is 0.311. The highest BCUT2D eigenvalue weighted by molar-refractivity contribution is 5.89. The Hall–Kier alpha value is -3.68. The Morgan fingerprint density at radius 3 is 2.74 bits per heavy atom. The second kappa shape index (κ2) is 9.52. The third kappa shape index (κ3) is 4.17. The van der Waals surface area contributed by atoms with Gasteiger partial charge in [-0.1, -0.05) is 12.1 Å². The van der Waals surface area contributed by atoms with Crippen molar-refractivity contribution in [3.05, 3.63) is 53.5 Å². The maximum absolute atomic E-state index is 14.3. The number of fused-ring (bicyclic) bond motifs is 3. The number of H-pyrrole nitrogens is 1. The van der Waals surface area contributed by atoms with Gasteiger partial charge in [0.25, 0.3) is 5.89 Å². The number of esters is 1. The highest BCUT2D eigenvalue weighted by atomic mass is 19.1.